The third-order valence-corrected chi connectivity index (χ3v) is 5.54. The van der Waals surface area contributed by atoms with Crippen LogP contribution >= 0.6 is 7.60 Å². The molecule has 1 heterocycles. The number of para-hydroxylation sites is 1. The van der Waals surface area contributed by atoms with E-state index >= 15 is 0 Å². The fourth-order valence-corrected chi connectivity index (χ4v) is 4.43. The van der Waals surface area contributed by atoms with Gasteiger partial charge in [0.15, 0.2) is 0 Å². The molecule has 22 heavy (non-hydrogen) atoms. The highest BCUT2D eigenvalue weighted by molar-refractivity contribution is 7.53. The van der Waals surface area contributed by atoms with Crippen LogP contribution in [-0.2, 0) is 19.8 Å². The highest BCUT2D eigenvalue weighted by Gasteiger charge is 2.26. The number of benzene rings is 2. The Kier molecular flexibility index (Phi) is 4.34. The van der Waals surface area contributed by atoms with Gasteiger partial charge in [0.25, 0.3) is 0 Å². The van der Waals surface area contributed by atoms with Crippen molar-refractivity contribution in [3.05, 3.63) is 48.0 Å². The lowest BCUT2D eigenvalue weighted by molar-refractivity contribution is 0.219. The highest BCUT2D eigenvalue weighted by atomic mass is 31.2. The van der Waals surface area contributed by atoms with Crippen molar-refractivity contribution in [3.63, 3.8) is 0 Å². The molecular weight excluding hydrogens is 299 g/mol. The van der Waals surface area contributed by atoms with Crippen LogP contribution in [0, 0.1) is 0 Å². The molecule has 0 spiro atoms. The molecule has 3 rings (SSSR count). The summed E-state index contributed by atoms with van der Waals surface area (Å²) in [6.45, 7) is 4.36. The minimum Gasteiger partial charge on any atom is -0.456 e. The Bertz CT molecular complexity index is 827. The van der Waals surface area contributed by atoms with Crippen molar-refractivity contribution in [2.75, 3.05) is 13.2 Å². The standard InChI is InChI=1S/C17H19O4P/c1-3-19-22(18,20-4-2)12-13-8-7-11-16-17(13)14-9-5-6-10-15(14)21-16/h5-11H,3-4,12H2,1-2H3. The topological polar surface area (TPSA) is 48.7 Å². The summed E-state index contributed by atoms with van der Waals surface area (Å²) in [7, 11) is -3.14. The predicted molar refractivity (Wildman–Crippen MR) is 88.3 cm³/mol. The van der Waals surface area contributed by atoms with Gasteiger partial charge in [-0.2, -0.15) is 0 Å². The molecule has 0 unspecified atom stereocenters. The SMILES string of the molecule is CCOP(=O)(Cc1cccc2oc3ccccc3c12)OCC. The van der Waals surface area contributed by atoms with E-state index in [1.807, 2.05) is 56.3 Å². The van der Waals surface area contributed by atoms with Crippen LogP contribution in [0.2, 0.25) is 0 Å². The summed E-state index contributed by atoms with van der Waals surface area (Å²) >= 11 is 0. The molecule has 0 aliphatic carbocycles. The van der Waals surface area contributed by atoms with Gasteiger partial charge < -0.3 is 13.5 Å². The second-order valence-corrected chi connectivity index (χ2v) is 7.05. The Morgan fingerprint density at radius 1 is 0.955 bits per heavy atom. The molecule has 0 atom stereocenters. The van der Waals surface area contributed by atoms with E-state index in [0.717, 1.165) is 27.5 Å². The molecule has 0 aliphatic rings. The Morgan fingerprint density at radius 2 is 1.64 bits per heavy atom. The maximum Gasteiger partial charge on any atom is 0.335 e. The third-order valence-electron chi connectivity index (χ3n) is 3.50. The van der Waals surface area contributed by atoms with Gasteiger partial charge >= 0.3 is 7.60 Å². The molecule has 1 aromatic heterocycles. The fourth-order valence-electron chi connectivity index (χ4n) is 2.71. The second-order valence-electron chi connectivity index (χ2n) is 4.99. The summed E-state index contributed by atoms with van der Waals surface area (Å²) in [6, 6.07) is 13.6. The van der Waals surface area contributed by atoms with Gasteiger partial charge in [-0.25, -0.2) is 0 Å². The van der Waals surface area contributed by atoms with Crippen LogP contribution in [0.4, 0.5) is 0 Å². The Hall–Kier alpha value is -1.61. The zero-order valence-corrected chi connectivity index (χ0v) is 13.6. The number of fused-ring (bicyclic) bond motifs is 3. The van der Waals surface area contributed by atoms with Crippen LogP contribution in [-0.4, -0.2) is 13.2 Å². The fraction of sp³-hybridized carbons (Fsp3) is 0.294. The van der Waals surface area contributed by atoms with Gasteiger partial charge in [0.1, 0.15) is 11.2 Å². The lowest BCUT2D eigenvalue weighted by Gasteiger charge is -2.17. The highest BCUT2D eigenvalue weighted by Crippen LogP contribution is 2.52. The molecule has 5 heteroatoms. The Labute approximate surface area is 129 Å². The molecule has 0 aliphatic heterocycles. The summed E-state index contributed by atoms with van der Waals surface area (Å²) in [4.78, 5) is 0. The molecule has 0 saturated carbocycles. The van der Waals surface area contributed by atoms with E-state index in [1.54, 1.807) is 0 Å². The molecule has 0 amide bonds. The molecule has 2 aromatic carbocycles. The molecule has 4 nitrogen and oxygen atoms in total. The summed E-state index contributed by atoms with van der Waals surface area (Å²) in [5.74, 6) is 0. The quantitative estimate of drug-likeness (QED) is 0.575. The lowest BCUT2D eigenvalue weighted by atomic mass is 10.1. The number of furan rings is 1. The second kappa shape index (κ2) is 6.25. The molecule has 116 valence electrons. The number of rotatable bonds is 6. The zero-order chi connectivity index (χ0) is 15.6. The van der Waals surface area contributed by atoms with Gasteiger partial charge in [0.05, 0.1) is 19.4 Å². The smallest absolute Gasteiger partial charge is 0.335 e. The van der Waals surface area contributed by atoms with Crippen LogP contribution in [0.5, 0.6) is 0 Å². The van der Waals surface area contributed by atoms with E-state index in [-0.39, 0.29) is 6.16 Å². The van der Waals surface area contributed by atoms with Crippen molar-refractivity contribution in [2.45, 2.75) is 20.0 Å². The normalized spacial score (nSPS) is 12.3. The summed E-state index contributed by atoms with van der Waals surface area (Å²) in [5, 5.41) is 2.00. The van der Waals surface area contributed by atoms with E-state index in [1.165, 1.54) is 0 Å². The minimum atomic E-state index is -3.14. The van der Waals surface area contributed by atoms with Gasteiger partial charge in [-0.1, -0.05) is 30.3 Å². The van der Waals surface area contributed by atoms with Crippen molar-refractivity contribution in [1.29, 1.82) is 0 Å². The van der Waals surface area contributed by atoms with Gasteiger partial charge in [0.2, 0.25) is 0 Å². The molecule has 0 bridgehead atoms. The Morgan fingerprint density at radius 3 is 2.36 bits per heavy atom. The first-order valence-corrected chi connectivity index (χ1v) is 9.17. The summed E-state index contributed by atoms with van der Waals surface area (Å²) in [6.07, 6.45) is 0.246. The van der Waals surface area contributed by atoms with Crippen molar-refractivity contribution < 1.29 is 18.0 Å². The lowest BCUT2D eigenvalue weighted by Crippen LogP contribution is -1.99. The molecule has 0 N–H and O–H groups in total. The molecule has 3 aromatic rings. The van der Waals surface area contributed by atoms with Crippen LogP contribution in [0.25, 0.3) is 21.9 Å². The first-order valence-electron chi connectivity index (χ1n) is 7.44. The van der Waals surface area contributed by atoms with Gasteiger partial charge in [-0.3, -0.25) is 4.57 Å². The van der Waals surface area contributed by atoms with E-state index < -0.39 is 7.60 Å². The van der Waals surface area contributed by atoms with E-state index in [9.17, 15) is 4.57 Å². The summed E-state index contributed by atoms with van der Waals surface area (Å²) in [5.41, 5.74) is 2.54. The van der Waals surface area contributed by atoms with Crippen LogP contribution < -0.4 is 0 Å². The average Bonchev–Trinajstić information content (AvgIpc) is 2.87. The summed E-state index contributed by atoms with van der Waals surface area (Å²) < 4.78 is 29.5. The number of hydrogen-bond acceptors (Lipinski definition) is 4. The van der Waals surface area contributed by atoms with Crippen LogP contribution in [0.1, 0.15) is 19.4 Å². The molecular formula is C17H19O4P. The van der Waals surface area contributed by atoms with Gasteiger partial charge in [0, 0.05) is 10.8 Å². The van der Waals surface area contributed by atoms with E-state index in [0.29, 0.717) is 13.2 Å². The first kappa shape index (κ1) is 15.3. The molecule has 0 radical (unpaired) electrons. The monoisotopic (exact) mass is 318 g/mol. The first-order chi connectivity index (χ1) is 10.7. The van der Waals surface area contributed by atoms with Crippen molar-refractivity contribution in [1.82, 2.24) is 0 Å². The predicted octanol–water partition coefficient (Wildman–Crippen LogP) is 5.35. The minimum absolute atomic E-state index is 0.246. The van der Waals surface area contributed by atoms with E-state index in [2.05, 4.69) is 0 Å². The molecule has 0 fully saturated rings. The van der Waals surface area contributed by atoms with Crippen LogP contribution in [0.3, 0.4) is 0 Å². The van der Waals surface area contributed by atoms with Gasteiger partial charge in [-0.05, 0) is 31.5 Å². The van der Waals surface area contributed by atoms with E-state index in [4.69, 9.17) is 13.5 Å². The van der Waals surface area contributed by atoms with Crippen LogP contribution in [0.15, 0.2) is 46.9 Å². The maximum atomic E-state index is 12.8. The maximum absolute atomic E-state index is 12.8. The number of hydrogen-bond donors (Lipinski definition) is 0. The largest absolute Gasteiger partial charge is 0.456 e. The van der Waals surface area contributed by atoms with Crippen molar-refractivity contribution >= 4 is 29.5 Å². The van der Waals surface area contributed by atoms with Crippen molar-refractivity contribution in [2.24, 2.45) is 0 Å². The average molecular weight is 318 g/mol. The zero-order valence-electron chi connectivity index (χ0n) is 12.7. The third kappa shape index (κ3) is 2.82. The molecule has 0 saturated heterocycles. The Balaban J connectivity index is 2.12. The van der Waals surface area contributed by atoms with Gasteiger partial charge in [-0.15, -0.1) is 0 Å². The van der Waals surface area contributed by atoms with Crippen molar-refractivity contribution in [3.8, 4) is 0 Å².